The normalized spacial score (nSPS) is 16.4. The topological polar surface area (TPSA) is 76.6 Å². The number of anilines is 1. The Kier molecular flexibility index (Phi) is 6.25. The summed E-state index contributed by atoms with van der Waals surface area (Å²) in [4.78, 5) is 14.9. The highest BCUT2D eigenvalue weighted by molar-refractivity contribution is 7.13. The molecule has 0 saturated carbocycles. The fourth-order valence-electron chi connectivity index (χ4n) is 3.68. The quantitative estimate of drug-likeness (QED) is 0.614. The van der Waals surface area contributed by atoms with Gasteiger partial charge >= 0.3 is 0 Å². The molecule has 1 unspecified atom stereocenters. The molecule has 8 heteroatoms. The molecule has 3 aromatic rings. The van der Waals surface area contributed by atoms with Gasteiger partial charge in [0.25, 0.3) is 5.91 Å². The second kappa shape index (κ2) is 9.23. The third kappa shape index (κ3) is 4.60. The van der Waals surface area contributed by atoms with Crippen molar-refractivity contribution in [3.8, 4) is 11.5 Å². The van der Waals surface area contributed by atoms with Gasteiger partial charge in [0.05, 0.1) is 20.8 Å². The van der Waals surface area contributed by atoms with Crippen LogP contribution in [0.3, 0.4) is 0 Å². The standard InChI is InChI=1S/C22H24N4O3S/c1-28-17-10-8-16(9-11-17)23-21(27)22-25-24-20(30-22)14-26-12-4-7-19(26)15-5-3-6-18(13-15)29-2/h3,5-6,8-11,13,19H,4,7,12,14H2,1-2H3,(H,23,27). The van der Waals surface area contributed by atoms with E-state index >= 15 is 0 Å². The van der Waals surface area contributed by atoms with Gasteiger partial charge in [-0.15, -0.1) is 10.2 Å². The molecule has 156 valence electrons. The van der Waals surface area contributed by atoms with E-state index in [2.05, 4.69) is 32.5 Å². The zero-order chi connectivity index (χ0) is 20.9. The summed E-state index contributed by atoms with van der Waals surface area (Å²) in [7, 11) is 3.29. The number of nitrogens with one attached hydrogen (secondary N) is 1. The highest BCUT2D eigenvalue weighted by atomic mass is 32.1. The van der Waals surface area contributed by atoms with Crippen LogP contribution in [0.2, 0.25) is 0 Å². The number of benzene rings is 2. The minimum absolute atomic E-state index is 0.255. The summed E-state index contributed by atoms with van der Waals surface area (Å²) in [5, 5.41) is 12.4. The lowest BCUT2D eigenvalue weighted by molar-refractivity contribution is 0.102. The van der Waals surface area contributed by atoms with Crippen molar-refractivity contribution in [3.63, 3.8) is 0 Å². The summed E-state index contributed by atoms with van der Waals surface area (Å²) in [5.74, 6) is 1.35. The Bertz CT molecular complexity index is 1010. The average Bonchev–Trinajstić information content (AvgIpc) is 3.44. The van der Waals surface area contributed by atoms with Crippen molar-refractivity contribution >= 4 is 22.9 Å². The lowest BCUT2D eigenvalue weighted by atomic mass is 10.0. The van der Waals surface area contributed by atoms with Crippen LogP contribution in [0.15, 0.2) is 48.5 Å². The van der Waals surface area contributed by atoms with Gasteiger partial charge in [-0.1, -0.05) is 23.5 Å². The van der Waals surface area contributed by atoms with Gasteiger partial charge in [-0.05, 0) is 61.3 Å². The van der Waals surface area contributed by atoms with Gasteiger partial charge in [0.2, 0.25) is 5.01 Å². The largest absolute Gasteiger partial charge is 0.497 e. The molecule has 4 rings (SSSR count). The number of nitrogens with zero attached hydrogens (tertiary/aromatic N) is 3. The molecule has 0 radical (unpaired) electrons. The Morgan fingerprint density at radius 1 is 1.13 bits per heavy atom. The van der Waals surface area contributed by atoms with E-state index in [4.69, 9.17) is 9.47 Å². The van der Waals surface area contributed by atoms with E-state index in [1.807, 2.05) is 12.1 Å². The third-order valence-corrected chi connectivity index (χ3v) is 6.10. The predicted molar refractivity (Wildman–Crippen MR) is 116 cm³/mol. The van der Waals surface area contributed by atoms with Crippen LogP contribution in [0, 0.1) is 0 Å². The molecule has 1 N–H and O–H groups in total. The number of hydrogen-bond acceptors (Lipinski definition) is 7. The maximum absolute atomic E-state index is 12.5. The molecule has 1 aliphatic heterocycles. The Labute approximate surface area is 179 Å². The summed E-state index contributed by atoms with van der Waals surface area (Å²) >= 11 is 1.33. The molecule has 0 spiro atoms. The number of aromatic nitrogens is 2. The van der Waals surface area contributed by atoms with Gasteiger partial charge in [0.1, 0.15) is 16.5 Å². The highest BCUT2D eigenvalue weighted by Gasteiger charge is 2.27. The van der Waals surface area contributed by atoms with Crippen LogP contribution < -0.4 is 14.8 Å². The van der Waals surface area contributed by atoms with E-state index < -0.39 is 0 Å². The summed E-state index contributed by atoms with van der Waals surface area (Å²) in [6.07, 6.45) is 2.22. The highest BCUT2D eigenvalue weighted by Crippen LogP contribution is 2.34. The zero-order valence-corrected chi connectivity index (χ0v) is 17.8. The van der Waals surface area contributed by atoms with Crippen LogP contribution in [-0.4, -0.2) is 41.8 Å². The number of ether oxygens (including phenoxy) is 2. The second-order valence-corrected chi connectivity index (χ2v) is 8.15. The number of likely N-dealkylation sites (tertiary alicyclic amines) is 1. The van der Waals surface area contributed by atoms with E-state index in [0.29, 0.717) is 23.3 Å². The van der Waals surface area contributed by atoms with Gasteiger partial charge in [0.15, 0.2) is 0 Å². The fourth-order valence-corrected chi connectivity index (χ4v) is 4.44. The van der Waals surface area contributed by atoms with E-state index in [1.165, 1.54) is 16.9 Å². The average molecular weight is 425 g/mol. The van der Waals surface area contributed by atoms with Crippen molar-refractivity contribution in [2.24, 2.45) is 0 Å². The van der Waals surface area contributed by atoms with Gasteiger partial charge in [-0.25, -0.2) is 0 Å². The van der Waals surface area contributed by atoms with Crippen LogP contribution in [0.4, 0.5) is 5.69 Å². The molecule has 1 amide bonds. The lowest BCUT2D eigenvalue weighted by Crippen LogP contribution is -2.22. The SMILES string of the molecule is COc1ccc(NC(=O)c2nnc(CN3CCCC3c3cccc(OC)c3)s2)cc1. The Morgan fingerprint density at radius 3 is 2.70 bits per heavy atom. The fraction of sp³-hybridized carbons (Fsp3) is 0.318. The van der Waals surface area contributed by atoms with Crippen molar-refractivity contribution < 1.29 is 14.3 Å². The number of rotatable bonds is 7. The molecule has 30 heavy (non-hydrogen) atoms. The van der Waals surface area contributed by atoms with Crippen molar-refractivity contribution in [1.82, 2.24) is 15.1 Å². The maximum Gasteiger partial charge on any atom is 0.286 e. The molecule has 2 heterocycles. The molecule has 1 atom stereocenters. The maximum atomic E-state index is 12.5. The first-order valence-corrected chi connectivity index (χ1v) is 10.6. The monoisotopic (exact) mass is 424 g/mol. The first-order valence-electron chi connectivity index (χ1n) is 9.82. The first kappa shape index (κ1) is 20.3. The molecule has 1 aromatic heterocycles. The zero-order valence-electron chi connectivity index (χ0n) is 17.0. The van der Waals surface area contributed by atoms with Crippen LogP contribution in [0.25, 0.3) is 0 Å². The van der Waals surface area contributed by atoms with Gasteiger partial charge < -0.3 is 14.8 Å². The van der Waals surface area contributed by atoms with Gasteiger partial charge in [-0.3, -0.25) is 9.69 Å². The number of carbonyl (C=O) groups excluding carboxylic acids is 1. The number of carbonyl (C=O) groups is 1. The van der Waals surface area contributed by atoms with Crippen LogP contribution >= 0.6 is 11.3 Å². The minimum atomic E-state index is -0.255. The van der Waals surface area contributed by atoms with Crippen LogP contribution in [0.1, 0.15) is 39.3 Å². The van der Waals surface area contributed by atoms with E-state index in [-0.39, 0.29) is 5.91 Å². The lowest BCUT2D eigenvalue weighted by Gasteiger charge is -2.23. The summed E-state index contributed by atoms with van der Waals surface area (Å²) in [6.45, 7) is 1.67. The molecule has 0 aliphatic carbocycles. The van der Waals surface area contributed by atoms with Crippen molar-refractivity contribution in [2.45, 2.75) is 25.4 Å². The Hall–Kier alpha value is -2.97. The van der Waals surface area contributed by atoms with E-state index in [0.717, 1.165) is 35.9 Å². The summed E-state index contributed by atoms with van der Waals surface area (Å²) < 4.78 is 10.5. The molecule has 1 saturated heterocycles. The molecule has 1 aliphatic rings. The first-order chi connectivity index (χ1) is 14.7. The number of hydrogen-bond donors (Lipinski definition) is 1. The Balaban J connectivity index is 1.41. The molecular weight excluding hydrogens is 400 g/mol. The van der Waals surface area contributed by atoms with Crippen LogP contribution in [-0.2, 0) is 6.54 Å². The van der Waals surface area contributed by atoms with Crippen molar-refractivity contribution in [2.75, 3.05) is 26.1 Å². The molecule has 7 nitrogen and oxygen atoms in total. The molecule has 0 bridgehead atoms. The molecule has 2 aromatic carbocycles. The second-order valence-electron chi connectivity index (χ2n) is 7.09. The third-order valence-electron chi connectivity index (χ3n) is 5.19. The Morgan fingerprint density at radius 2 is 1.93 bits per heavy atom. The van der Waals surface area contributed by atoms with Gasteiger partial charge in [-0.2, -0.15) is 0 Å². The van der Waals surface area contributed by atoms with E-state index in [9.17, 15) is 4.79 Å². The van der Waals surface area contributed by atoms with Crippen LogP contribution in [0.5, 0.6) is 11.5 Å². The van der Waals surface area contributed by atoms with E-state index in [1.54, 1.807) is 38.5 Å². The molecule has 1 fully saturated rings. The number of methoxy groups -OCH3 is 2. The van der Waals surface area contributed by atoms with Crippen molar-refractivity contribution in [1.29, 1.82) is 0 Å². The minimum Gasteiger partial charge on any atom is -0.497 e. The number of amides is 1. The molecular formula is C22H24N4O3S. The van der Waals surface area contributed by atoms with Gasteiger partial charge in [0, 0.05) is 11.7 Å². The summed E-state index contributed by atoms with van der Waals surface area (Å²) in [5.41, 5.74) is 1.93. The smallest absolute Gasteiger partial charge is 0.286 e. The van der Waals surface area contributed by atoms with Crippen molar-refractivity contribution in [3.05, 3.63) is 64.1 Å². The predicted octanol–water partition coefficient (Wildman–Crippen LogP) is 4.14. The summed E-state index contributed by atoms with van der Waals surface area (Å²) in [6, 6.07) is 15.7.